The van der Waals surface area contributed by atoms with Crippen LogP contribution in [0.1, 0.15) is 5.56 Å². The van der Waals surface area contributed by atoms with Gasteiger partial charge in [0.05, 0.1) is 11.0 Å². The van der Waals surface area contributed by atoms with Gasteiger partial charge in [-0.1, -0.05) is 91.0 Å². The summed E-state index contributed by atoms with van der Waals surface area (Å²) in [5.41, 5.74) is 7.26. The minimum atomic E-state index is 0.450. The Hall–Kier alpha value is -4.96. The van der Waals surface area contributed by atoms with Gasteiger partial charge in [-0.25, -0.2) is 9.98 Å². The van der Waals surface area contributed by atoms with E-state index in [4.69, 9.17) is 9.41 Å². The van der Waals surface area contributed by atoms with Crippen LogP contribution in [0.4, 0.5) is 0 Å². The summed E-state index contributed by atoms with van der Waals surface area (Å²) in [7, 11) is 0. The van der Waals surface area contributed by atoms with Gasteiger partial charge in [-0.15, -0.1) is 0 Å². The molecule has 7 rings (SSSR count). The van der Waals surface area contributed by atoms with Crippen molar-refractivity contribution in [3.05, 3.63) is 121 Å². The maximum atomic E-state index is 6.32. The highest BCUT2D eigenvalue weighted by Gasteiger charge is 2.15. The Balaban J connectivity index is 1.39. The topological polar surface area (TPSA) is 42.8 Å². The molecular formula is C33H23N3O. The Morgan fingerprint density at radius 2 is 1.41 bits per heavy atom. The molecule has 5 aromatic carbocycles. The van der Waals surface area contributed by atoms with Gasteiger partial charge in [0, 0.05) is 32.7 Å². The van der Waals surface area contributed by atoms with E-state index < -0.39 is 0 Å². The molecule has 0 bridgehead atoms. The molecule has 0 fully saturated rings. The number of amidine groups is 1. The minimum absolute atomic E-state index is 0.450. The van der Waals surface area contributed by atoms with E-state index in [2.05, 4.69) is 89.1 Å². The Labute approximate surface area is 213 Å². The Morgan fingerprint density at radius 1 is 0.676 bits per heavy atom. The highest BCUT2D eigenvalue weighted by atomic mass is 16.3. The summed E-state index contributed by atoms with van der Waals surface area (Å²) in [5, 5.41) is 4.65. The van der Waals surface area contributed by atoms with E-state index >= 15 is 0 Å². The highest BCUT2D eigenvalue weighted by molar-refractivity contribution is 6.12. The van der Waals surface area contributed by atoms with Crippen LogP contribution in [-0.2, 0) is 6.67 Å². The van der Waals surface area contributed by atoms with Crippen LogP contribution in [0.25, 0.3) is 54.9 Å². The van der Waals surface area contributed by atoms with Gasteiger partial charge in [-0.3, -0.25) is 0 Å². The lowest BCUT2D eigenvalue weighted by molar-refractivity contribution is 0.670. The maximum absolute atomic E-state index is 6.32. The summed E-state index contributed by atoms with van der Waals surface area (Å²) in [6.07, 6.45) is 0. The van der Waals surface area contributed by atoms with Gasteiger partial charge in [0.2, 0.25) is 0 Å². The number of rotatable bonds is 4. The Morgan fingerprint density at radius 3 is 2.27 bits per heavy atom. The third-order valence-electron chi connectivity index (χ3n) is 7.03. The zero-order valence-corrected chi connectivity index (χ0v) is 20.1. The SMILES string of the molecule is C=NC(=NCn1c2ccccc2c2cc(-c3cccc4c3oc3ccccc34)ccc21)c1ccccc1. The van der Waals surface area contributed by atoms with Crippen LogP contribution in [0.15, 0.2) is 130 Å². The van der Waals surface area contributed by atoms with Crippen LogP contribution in [0.2, 0.25) is 0 Å². The predicted molar refractivity (Wildman–Crippen MR) is 155 cm³/mol. The second-order valence-corrected chi connectivity index (χ2v) is 9.10. The number of hydrogen-bond donors (Lipinski definition) is 0. The molecule has 176 valence electrons. The molecule has 2 heterocycles. The molecule has 4 heteroatoms. The van der Waals surface area contributed by atoms with Crippen molar-refractivity contribution in [1.29, 1.82) is 0 Å². The number of fused-ring (bicyclic) bond motifs is 6. The Bertz CT molecular complexity index is 1980. The minimum Gasteiger partial charge on any atom is -0.455 e. The van der Waals surface area contributed by atoms with Crippen molar-refractivity contribution in [2.24, 2.45) is 9.98 Å². The summed E-state index contributed by atoms with van der Waals surface area (Å²) in [4.78, 5) is 9.03. The molecule has 2 aromatic heterocycles. The smallest absolute Gasteiger partial charge is 0.155 e. The zero-order valence-electron chi connectivity index (χ0n) is 20.1. The third kappa shape index (κ3) is 3.46. The number of furan rings is 1. The molecule has 0 amide bonds. The maximum Gasteiger partial charge on any atom is 0.155 e. The summed E-state index contributed by atoms with van der Waals surface area (Å²) in [6.45, 7) is 4.20. The fourth-order valence-corrected chi connectivity index (χ4v) is 5.31. The first kappa shape index (κ1) is 21.3. The number of nitrogens with zero attached hydrogens (tertiary/aromatic N) is 3. The van der Waals surface area contributed by atoms with Crippen molar-refractivity contribution >= 4 is 56.3 Å². The predicted octanol–water partition coefficient (Wildman–Crippen LogP) is 8.47. The average Bonchev–Trinajstić information content (AvgIpc) is 3.49. The van der Waals surface area contributed by atoms with E-state index in [1.165, 1.54) is 10.8 Å². The van der Waals surface area contributed by atoms with Crippen LogP contribution < -0.4 is 0 Å². The van der Waals surface area contributed by atoms with E-state index in [0.29, 0.717) is 12.5 Å². The standard InChI is InChI=1S/C33H23N3O/c1-34-33(22-10-3-2-4-11-22)35-21-36-29-16-7-5-12-25(29)28-20-23(18-19-30(28)36)24-14-9-15-27-26-13-6-8-17-31(26)37-32(24)27/h2-20H,1,21H2. The molecule has 0 saturated heterocycles. The van der Waals surface area contributed by atoms with Crippen LogP contribution in [0.3, 0.4) is 0 Å². The molecule has 0 aliphatic carbocycles. The van der Waals surface area contributed by atoms with Gasteiger partial charge >= 0.3 is 0 Å². The number of aliphatic imine (C=N–C) groups is 2. The first-order chi connectivity index (χ1) is 18.3. The Kier molecular flexibility index (Phi) is 4.96. The van der Waals surface area contributed by atoms with Gasteiger partial charge in [-0.2, -0.15) is 0 Å². The molecule has 0 spiro atoms. The van der Waals surface area contributed by atoms with Gasteiger partial charge in [-0.05, 0) is 36.5 Å². The molecule has 0 radical (unpaired) electrons. The molecule has 0 aliphatic rings. The number of para-hydroxylation sites is 3. The van der Waals surface area contributed by atoms with E-state index in [0.717, 1.165) is 49.7 Å². The van der Waals surface area contributed by atoms with E-state index in [-0.39, 0.29) is 0 Å². The zero-order chi connectivity index (χ0) is 24.8. The monoisotopic (exact) mass is 477 g/mol. The molecule has 7 aromatic rings. The average molecular weight is 478 g/mol. The van der Waals surface area contributed by atoms with Crippen molar-refractivity contribution in [1.82, 2.24) is 4.57 Å². The summed E-state index contributed by atoms with van der Waals surface area (Å²) < 4.78 is 8.56. The molecular weight excluding hydrogens is 454 g/mol. The fourth-order valence-electron chi connectivity index (χ4n) is 5.31. The van der Waals surface area contributed by atoms with Crippen molar-refractivity contribution in [2.75, 3.05) is 0 Å². The van der Waals surface area contributed by atoms with Gasteiger partial charge in [0.25, 0.3) is 0 Å². The quantitative estimate of drug-likeness (QED) is 0.185. The third-order valence-corrected chi connectivity index (χ3v) is 7.03. The van der Waals surface area contributed by atoms with E-state index in [1.54, 1.807) is 0 Å². The van der Waals surface area contributed by atoms with E-state index in [9.17, 15) is 0 Å². The molecule has 0 aliphatic heterocycles. The van der Waals surface area contributed by atoms with Crippen LogP contribution in [0, 0.1) is 0 Å². The van der Waals surface area contributed by atoms with Gasteiger partial charge < -0.3 is 8.98 Å². The van der Waals surface area contributed by atoms with Crippen molar-refractivity contribution in [3.8, 4) is 11.1 Å². The molecule has 0 unspecified atom stereocenters. The number of benzene rings is 5. The van der Waals surface area contributed by atoms with Crippen LogP contribution in [0.5, 0.6) is 0 Å². The number of hydrogen-bond acceptors (Lipinski definition) is 2. The summed E-state index contributed by atoms with van der Waals surface area (Å²) in [5.74, 6) is 0.639. The van der Waals surface area contributed by atoms with Crippen molar-refractivity contribution in [2.45, 2.75) is 6.67 Å². The molecule has 0 saturated carbocycles. The molecule has 0 N–H and O–H groups in total. The first-order valence-corrected chi connectivity index (χ1v) is 12.3. The molecule has 4 nitrogen and oxygen atoms in total. The van der Waals surface area contributed by atoms with Gasteiger partial charge in [0.1, 0.15) is 17.8 Å². The lowest BCUT2D eigenvalue weighted by atomic mass is 10.0. The summed E-state index contributed by atoms with van der Waals surface area (Å²) in [6, 6.07) is 39.7. The number of aromatic nitrogens is 1. The highest BCUT2D eigenvalue weighted by Crippen LogP contribution is 2.38. The first-order valence-electron chi connectivity index (χ1n) is 12.3. The van der Waals surface area contributed by atoms with Gasteiger partial charge in [0.15, 0.2) is 5.84 Å². The summed E-state index contributed by atoms with van der Waals surface area (Å²) >= 11 is 0. The lowest BCUT2D eigenvalue weighted by Gasteiger charge is -2.07. The largest absolute Gasteiger partial charge is 0.455 e. The second kappa shape index (κ2) is 8.61. The lowest BCUT2D eigenvalue weighted by Crippen LogP contribution is -2.01. The molecule has 37 heavy (non-hydrogen) atoms. The van der Waals surface area contributed by atoms with Crippen LogP contribution >= 0.6 is 0 Å². The van der Waals surface area contributed by atoms with Crippen molar-refractivity contribution < 1.29 is 4.42 Å². The second-order valence-electron chi connectivity index (χ2n) is 9.10. The van der Waals surface area contributed by atoms with Crippen LogP contribution in [-0.4, -0.2) is 17.1 Å². The van der Waals surface area contributed by atoms with Crippen molar-refractivity contribution in [3.63, 3.8) is 0 Å². The molecule has 0 atom stereocenters. The fraction of sp³-hybridized carbons (Fsp3) is 0.0303. The van der Waals surface area contributed by atoms with E-state index in [1.807, 2.05) is 42.5 Å². The normalized spacial score (nSPS) is 12.2.